The van der Waals surface area contributed by atoms with E-state index in [2.05, 4.69) is 22.0 Å². The van der Waals surface area contributed by atoms with Gasteiger partial charge in [-0.1, -0.05) is 12.8 Å². The first-order valence-electron chi connectivity index (χ1n) is 9.19. The molecule has 0 aliphatic rings. The van der Waals surface area contributed by atoms with Crippen LogP contribution in [0.15, 0.2) is 46.7 Å². The van der Waals surface area contributed by atoms with E-state index in [-0.39, 0.29) is 11.8 Å². The maximum absolute atomic E-state index is 12.2. The van der Waals surface area contributed by atoms with Crippen molar-refractivity contribution in [3.63, 3.8) is 0 Å². The molecule has 0 atom stereocenters. The minimum atomic E-state index is -0.367. The van der Waals surface area contributed by atoms with Crippen molar-refractivity contribution in [2.45, 2.75) is 39.0 Å². The van der Waals surface area contributed by atoms with E-state index in [0.29, 0.717) is 18.5 Å². The second kappa shape index (κ2) is 13.2. The molecule has 0 aliphatic carbocycles. The number of rotatable bonds is 11. The summed E-state index contributed by atoms with van der Waals surface area (Å²) in [5.74, 6) is 0.307. The highest BCUT2D eigenvalue weighted by Gasteiger charge is 2.08. The molecule has 28 heavy (non-hydrogen) atoms. The van der Waals surface area contributed by atoms with E-state index in [1.165, 1.54) is 6.20 Å². The van der Waals surface area contributed by atoms with Crippen molar-refractivity contribution in [1.29, 1.82) is 0 Å². The van der Waals surface area contributed by atoms with Gasteiger partial charge in [-0.15, -0.1) is 0 Å². The van der Waals surface area contributed by atoms with E-state index in [9.17, 15) is 9.59 Å². The van der Waals surface area contributed by atoms with E-state index in [0.717, 1.165) is 37.2 Å². The number of nitrogens with one attached hydrogen (secondary N) is 2. The standard InChI is InChI=1S/C20H29N5O3/c1-16(22-15-14-21-2)25(3)18-11-9-17(10-12-18)20(27)23-13-7-5-4-6-8-19(26)24-28/h9-12,14-15,28H,2,4-8,13H2,1,3H3,(H,23,27)(H,24,26)/b15-14-,22-16+. The van der Waals surface area contributed by atoms with Gasteiger partial charge in [0.2, 0.25) is 5.91 Å². The third kappa shape index (κ3) is 8.59. The quantitative estimate of drug-likeness (QED) is 0.178. The third-order valence-electron chi connectivity index (χ3n) is 4.18. The number of anilines is 1. The number of unbranched alkanes of at least 4 members (excludes halogenated alkanes) is 3. The van der Waals surface area contributed by atoms with Crippen molar-refractivity contribution in [2.75, 3.05) is 18.5 Å². The smallest absolute Gasteiger partial charge is 0.251 e. The Labute approximate surface area is 166 Å². The molecule has 1 rings (SSSR count). The zero-order valence-corrected chi connectivity index (χ0v) is 16.5. The summed E-state index contributed by atoms with van der Waals surface area (Å²) >= 11 is 0. The van der Waals surface area contributed by atoms with Crippen LogP contribution >= 0.6 is 0 Å². The van der Waals surface area contributed by atoms with Crippen LogP contribution in [0.4, 0.5) is 5.69 Å². The van der Waals surface area contributed by atoms with Crippen molar-refractivity contribution in [3.8, 4) is 0 Å². The molecule has 3 N–H and O–H groups in total. The average Bonchev–Trinajstić information content (AvgIpc) is 2.72. The molecule has 0 bridgehead atoms. The predicted molar refractivity (Wildman–Crippen MR) is 112 cm³/mol. The number of amidine groups is 1. The minimum Gasteiger partial charge on any atom is -0.352 e. The predicted octanol–water partition coefficient (Wildman–Crippen LogP) is 2.90. The van der Waals surface area contributed by atoms with Crippen LogP contribution in [0.5, 0.6) is 0 Å². The lowest BCUT2D eigenvalue weighted by Crippen LogP contribution is -2.25. The lowest BCUT2D eigenvalue weighted by molar-refractivity contribution is -0.129. The number of benzene rings is 1. The summed E-state index contributed by atoms with van der Waals surface area (Å²) in [5.41, 5.74) is 3.13. The zero-order valence-electron chi connectivity index (χ0n) is 16.5. The highest BCUT2D eigenvalue weighted by Crippen LogP contribution is 2.14. The Balaban J connectivity index is 2.39. The Morgan fingerprint density at radius 2 is 1.82 bits per heavy atom. The monoisotopic (exact) mass is 387 g/mol. The van der Waals surface area contributed by atoms with Gasteiger partial charge in [-0.05, 0) is 50.7 Å². The molecule has 8 heteroatoms. The molecule has 0 saturated carbocycles. The summed E-state index contributed by atoms with van der Waals surface area (Å²) in [7, 11) is 1.90. The van der Waals surface area contributed by atoms with Crippen molar-refractivity contribution in [2.24, 2.45) is 9.98 Å². The Morgan fingerprint density at radius 1 is 1.14 bits per heavy atom. The summed E-state index contributed by atoms with van der Waals surface area (Å²) < 4.78 is 0. The van der Waals surface area contributed by atoms with Gasteiger partial charge >= 0.3 is 0 Å². The molecule has 0 saturated heterocycles. The highest BCUT2D eigenvalue weighted by molar-refractivity contribution is 5.97. The largest absolute Gasteiger partial charge is 0.352 e. The van der Waals surface area contributed by atoms with Gasteiger partial charge in [0.15, 0.2) is 0 Å². The van der Waals surface area contributed by atoms with Gasteiger partial charge in [-0.2, -0.15) is 0 Å². The summed E-state index contributed by atoms with van der Waals surface area (Å²) in [5, 5.41) is 11.3. The molecule has 0 unspecified atom stereocenters. The fraction of sp³-hybridized carbons (Fsp3) is 0.400. The first kappa shape index (κ1) is 23.0. The van der Waals surface area contributed by atoms with Crippen molar-refractivity contribution in [3.05, 3.63) is 42.2 Å². The topological polar surface area (TPSA) is 106 Å². The number of hydrogen-bond acceptors (Lipinski definition) is 5. The first-order chi connectivity index (χ1) is 13.5. The molecular formula is C20H29N5O3. The van der Waals surface area contributed by atoms with Crippen molar-refractivity contribution in [1.82, 2.24) is 10.8 Å². The van der Waals surface area contributed by atoms with Crippen LogP contribution in [0.3, 0.4) is 0 Å². The fourth-order valence-electron chi connectivity index (χ4n) is 2.42. The molecular weight excluding hydrogens is 358 g/mol. The van der Waals surface area contributed by atoms with E-state index in [1.54, 1.807) is 23.8 Å². The number of amides is 2. The Hall–Kier alpha value is -3.00. The maximum Gasteiger partial charge on any atom is 0.251 e. The number of carbonyl (C=O) groups is 2. The van der Waals surface area contributed by atoms with Gasteiger partial charge in [0.05, 0.1) is 0 Å². The minimum absolute atomic E-state index is 0.112. The van der Waals surface area contributed by atoms with Crippen LogP contribution in [0.2, 0.25) is 0 Å². The van der Waals surface area contributed by atoms with Crippen LogP contribution in [-0.2, 0) is 4.79 Å². The molecule has 0 aliphatic heterocycles. The van der Waals surface area contributed by atoms with Crippen LogP contribution in [0, 0.1) is 0 Å². The SMILES string of the molecule is C=N/C=C\N=C(/C)N(C)c1ccc(C(=O)NCCCCCCC(=O)NO)cc1. The Bertz CT molecular complexity index is 698. The summed E-state index contributed by atoms with van der Waals surface area (Å²) in [6.07, 6.45) is 6.75. The second-order valence-corrected chi connectivity index (χ2v) is 6.22. The van der Waals surface area contributed by atoms with Crippen LogP contribution in [-0.4, -0.2) is 43.2 Å². The molecule has 0 aromatic heterocycles. The van der Waals surface area contributed by atoms with Crippen molar-refractivity contribution < 1.29 is 14.8 Å². The van der Waals surface area contributed by atoms with Gasteiger partial charge in [0.25, 0.3) is 5.91 Å². The Kier molecular flexibility index (Phi) is 10.9. The first-order valence-corrected chi connectivity index (χ1v) is 9.19. The summed E-state index contributed by atoms with van der Waals surface area (Å²) in [6.45, 7) is 5.82. The maximum atomic E-state index is 12.2. The molecule has 8 nitrogen and oxygen atoms in total. The third-order valence-corrected chi connectivity index (χ3v) is 4.18. The molecule has 1 aromatic rings. The lowest BCUT2D eigenvalue weighted by atomic mass is 10.1. The normalized spacial score (nSPS) is 11.3. The second-order valence-electron chi connectivity index (χ2n) is 6.22. The van der Waals surface area contributed by atoms with Gasteiger partial charge in [-0.25, -0.2) is 10.5 Å². The zero-order chi connectivity index (χ0) is 20.8. The van der Waals surface area contributed by atoms with Gasteiger partial charge in [0, 0.05) is 43.7 Å². The van der Waals surface area contributed by atoms with E-state index < -0.39 is 0 Å². The van der Waals surface area contributed by atoms with E-state index >= 15 is 0 Å². The van der Waals surface area contributed by atoms with Gasteiger partial charge in [-0.3, -0.25) is 19.8 Å². The molecule has 152 valence electrons. The summed E-state index contributed by atoms with van der Waals surface area (Å²) in [6, 6.07) is 7.30. The molecule has 0 fully saturated rings. The number of aliphatic imine (C=N–C) groups is 2. The molecule has 2 amide bonds. The molecule has 0 heterocycles. The number of hydrogen-bond donors (Lipinski definition) is 3. The Morgan fingerprint density at radius 3 is 2.46 bits per heavy atom. The molecule has 0 radical (unpaired) electrons. The van der Waals surface area contributed by atoms with Crippen molar-refractivity contribution >= 4 is 30.1 Å². The number of nitrogens with zero attached hydrogens (tertiary/aromatic N) is 3. The van der Waals surface area contributed by atoms with Crippen LogP contribution in [0.25, 0.3) is 0 Å². The van der Waals surface area contributed by atoms with Crippen LogP contribution in [0.1, 0.15) is 49.4 Å². The highest BCUT2D eigenvalue weighted by atomic mass is 16.5. The average molecular weight is 387 g/mol. The number of hydroxylamine groups is 1. The van der Waals surface area contributed by atoms with E-state index in [1.807, 2.05) is 31.0 Å². The molecule has 0 spiro atoms. The van der Waals surface area contributed by atoms with Gasteiger partial charge in [0.1, 0.15) is 5.84 Å². The van der Waals surface area contributed by atoms with Gasteiger partial charge < -0.3 is 10.2 Å². The molecule has 1 aromatic carbocycles. The lowest BCUT2D eigenvalue weighted by Gasteiger charge is -2.18. The fourth-order valence-corrected chi connectivity index (χ4v) is 2.42. The van der Waals surface area contributed by atoms with Crippen LogP contribution < -0.4 is 15.7 Å². The van der Waals surface area contributed by atoms with E-state index in [4.69, 9.17) is 5.21 Å². The summed E-state index contributed by atoms with van der Waals surface area (Å²) in [4.78, 5) is 32.8. The number of carbonyl (C=O) groups excluding carboxylic acids is 2.